The van der Waals surface area contributed by atoms with Gasteiger partial charge in [-0.05, 0) is 18.9 Å². The fourth-order valence-electron chi connectivity index (χ4n) is 1.86. The molecule has 0 bridgehead atoms. The first-order valence-electron chi connectivity index (χ1n) is 6.55. The number of hydrogen-bond donors (Lipinski definition) is 2. The largest absolute Gasteiger partial charge is 0.368 e. The van der Waals surface area contributed by atoms with Crippen LogP contribution in [0.5, 0.6) is 0 Å². The predicted molar refractivity (Wildman–Crippen MR) is 77.3 cm³/mol. The molecule has 0 radical (unpaired) electrons. The molecule has 0 aliphatic heterocycles. The molecule has 0 aliphatic rings. The molecule has 116 valence electrons. The van der Waals surface area contributed by atoms with E-state index in [-0.39, 0.29) is 18.5 Å². The molecule has 1 aromatic rings. The summed E-state index contributed by atoms with van der Waals surface area (Å²) in [6, 6.07) is 6.67. The van der Waals surface area contributed by atoms with Gasteiger partial charge in [-0.15, -0.1) is 0 Å². The molecule has 0 fully saturated rings. The molecule has 8 nitrogen and oxygen atoms in total. The molecule has 2 amide bonds. The van der Waals surface area contributed by atoms with Crippen LogP contribution in [0.2, 0.25) is 0 Å². The van der Waals surface area contributed by atoms with Crippen molar-refractivity contribution in [2.24, 2.45) is 11.7 Å². The zero-order valence-corrected chi connectivity index (χ0v) is 12.0. The van der Waals surface area contributed by atoms with Gasteiger partial charge in [-0.3, -0.25) is 19.7 Å². The van der Waals surface area contributed by atoms with E-state index in [1.54, 1.807) is 13.0 Å². The van der Waals surface area contributed by atoms with Gasteiger partial charge in [0.1, 0.15) is 6.04 Å². The zero-order chi connectivity index (χ0) is 16.7. The van der Waals surface area contributed by atoms with Gasteiger partial charge in [0.25, 0.3) is 5.69 Å². The van der Waals surface area contributed by atoms with Crippen molar-refractivity contribution < 1.29 is 14.5 Å². The molecule has 22 heavy (non-hydrogen) atoms. The second kappa shape index (κ2) is 7.73. The first-order chi connectivity index (χ1) is 10.3. The first kappa shape index (κ1) is 17.1. The Morgan fingerprint density at radius 2 is 2.18 bits per heavy atom. The number of nitro benzene ring substituents is 1. The highest BCUT2D eigenvalue weighted by Gasteiger charge is 2.21. The molecule has 0 saturated heterocycles. The molecule has 0 aliphatic carbocycles. The van der Waals surface area contributed by atoms with E-state index >= 15 is 0 Å². The Hall–Kier alpha value is -2.95. The summed E-state index contributed by atoms with van der Waals surface area (Å²) >= 11 is 0. The number of primary amides is 1. The summed E-state index contributed by atoms with van der Waals surface area (Å²) in [5, 5.41) is 21.9. The van der Waals surface area contributed by atoms with E-state index in [4.69, 9.17) is 11.0 Å². The van der Waals surface area contributed by atoms with E-state index in [1.165, 1.54) is 18.2 Å². The van der Waals surface area contributed by atoms with Gasteiger partial charge < -0.3 is 11.1 Å². The number of carbonyl (C=O) groups excluding carboxylic acids is 2. The van der Waals surface area contributed by atoms with Crippen molar-refractivity contribution in [2.45, 2.75) is 25.8 Å². The van der Waals surface area contributed by atoms with Crippen molar-refractivity contribution in [3.63, 3.8) is 0 Å². The zero-order valence-electron chi connectivity index (χ0n) is 12.0. The van der Waals surface area contributed by atoms with Gasteiger partial charge in [-0.2, -0.15) is 5.26 Å². The van der Waals surface area contributed by atoms with Gasteiger partial charge in [-0.25, -0.2) is 0 Å². The Morgan fingerprint density at radius 3 is 2.73 bits per heavy atom. The third-order valence-corrected chi connectivity index (χ3v) is 2.97. The van der Waals surface area contributed by atoms with Crippen LogP contribution >= 0.6 is 0 Å². The fraction of sp³-hybridized carbons (Fsp3) is 0.357. The van der Waals surface area contributed by atoms with Crippen LogP contribution in [0.3, 0.4) is 0 Å². The van der Waals surface area contributed by atoms with Crippen molar-refractivity contribution in [3.05, 3.63) is 39.9 Å². The summed E-state index contributed by atoms with van der Waals surface area (Å²) < 4.78 is 0. The van der Waals surface area contributed by atoms with Crippen LogP contribution in [-0.2, 0) is 16.0 Å². The van der Waals surface area contributed by atoms with Gasteiger partial charge in [-0.1, -0.05) is 12.1 Å². The lowest BCUT2D eigenvalue weighted by molar-refractivity contribution is -0.384. The minimum atomic E-state index is -0.944. The molecule has 0 saturated carbocycles. The highest BCUT2D eigenvalue weighted by atomic mass is 16.6. The molecular formula is C14H16N4O4. The molecular weight excluding hydrogens is 288 g/mol. The topological polar surface area (TPSA) is 139 Å². The number of carbonyl (C=O) groups is 2. The van der Waals surface area contributed by atoms with E-state index < -0.39 is 28.7 Å². The predicted octanol–water partition coefficient (Wildman–Crippen LogP) is 0.657. The Balaban J connectivity index is 2.71. The summed E-state index contributed by atoms with van der Waals surface area (Å²) in [6.45, 7) is 1.61. The number of amides is 2. The number of nitriles is 1. The lowest BCUT2D eigenvalue weighted by atomic mass is 10.0. The quantitative estimate of drug-likeness (QED) is 0.562. The van der Waals surface area contributed by atoms with Crippen LogP contribution in [0.4, 0.5) is 5.69 Å². The van der Waals surface area contributed by atoms with Gasteiger partial charge >= 0.3 is 0 Å². The van der Waals surface area contributed by atoms with Crippen LogP contribution in [0, 0.1) is 27.4 Å². The van der Waals surface area contributed by atoms with E-state index in [0.29, 0.717) is 5.56 Å². The van der Waals surface area contributed by atoms with Crippen LogP contribution in [-0.4, -0.2) is 22.8 Å². The normalized spacial score (nSPS) is 12.7. The molecule has 0 aromatic heterocycles. The van der Waals surface area contributed by atoms with Crippen LogP contribution in [0.25, 0.3) is 0 Å². The molecule has 2 atom stereocenters. The summed E-state index contributed by atoms with van der Waals surface area (Å²) in [4.78, 5) is 33.3. The molecule has 0 heterocycles. The van der Waals surface area contributed by atoms with E-state index in [9.17, 15) is 19.7 Å². The van der Waals surface area contributed by atoms with Crippen molar-refractivity contribution in [1.82, 2.24) is 5.32 Å². The standard InChI is InChI=1S/C14H16N4O4/c1-9(8-15)5-12(14(16)20)17-13(19)7-10-3-2-4-11(6-10)18(21)22/h2-4,6,9,12H,5,7H2,1H3,(H2,16,20)(H,17,19)/t9-,12-/m0/s1. The maximum absolute atomic E-state index is 11.9. The Bertz CT molecular complexity index is 624. The fourth-order valence-corrected chi connectivity index (χ4v) is 1.86. The van der Waals surface area contributed by atoms with Crippen molar-refractivity contribution in [3.8, 4) is 6.07 Å². The second-order valence-electron chi connectivity index (χ2n) is 4.89. The average molecular weight is 304 g/mol. The van der Waals surface area contributed by atoms with Gasteiger partial charge in [0.05, 0.1) is 17.4 Å². The van der Waals surface area contributed by atoms with Crippen molar-refractivity contribution in [2.75, 3.05) is 0 Å². The van der Waals surface area contributed by atoms with Crippen LogP contribution in [0.15, 0.2) is 24.3 Å². The smallest absolute Gasteiger partial charge is 0.269 e. The molecule has 3 N–H and O–H groups in total. The van der Waals surface area contributed by atoms with E-state index in [2.05, 4.69) is 5.32 Å². The van der Waals surface area contributed by atoms with Crippen molar-refractivity contribution >= 4 is 17.5 Å². The summed E-state index contributed by atoms with van der Waals surface area (Å²) in [5.74, 6) is -1.65. The van der Waals surface area contributed by atoms with Gasteiger partial charge in [0.15, 0.2) is 0 Å². The molecule has 1 aromatic carbocycles. The Labute approximate surface area is 127 Å². The summed E-state index contributed by atoms with van der Waals surface area (Å²) in [6.07, 6.45) is -0.00109. The number of nitro groups is 1. The number of nitrogens with zero attached hydrogens (tertiary/aromatic N) is 2. The second-order valence-corrected chi connectivity index (χ2v) is 4.89. The Kier molecular flexibility index (Phi) is 6.01. The first-order valence-corrected chi connectivity index (χ1v) is 6.55. The highest BCUT2D eigenvalue weighted by molar-refractivity contribution is 5.87. The lowest BCUT2D eigenvalue weighted by Crippen LogP contribution is -2.45. The summed E-state index contributed by atoms with van der Waals surface area (Å²) in [5.41, 5.74) is 5.52. The van der Waals surface area contributed by atoms with Crippen molar-refractivity contribution in [1.29, 1.82) is 5.26 Å². The maximum atomic E-state index is 11.9. The molecule has 0 spiro atoms. The average Bonchev–Trinajstić information content (AvgIpc) is 2.46. The minimum Gasteiger partial charge on any atom is -0.368 e. The lowest BCUT2D eigenvalue weighted by Gasteiger charge is -2.16. The highest BCUT2D eigenvalue weighted by Crippen LogP contribution is 2.13. The van der Waals surface area contributed by atoms with Gasteiger partial charge in [0, 0.05) is 18.1 Å². The number of hydrogen-bond acceptors (Lipinski definition) is 5. The Morgan fingerprint density at radius 1 is 1.50 bits per heavy atom. The number of non-ortho nitro benzene ring substituents is 1. The SMILES string of the molecule is C[C@H](C#N)C[C@H](NC(=O)Cc1cccc([N+](=O)[O-])c1)C(N)=O. The van der Waals surface area contributed by atoms with E-state index in [1.807, 2.05) is 6.07 Å². The van der Waals surface area contributed by atoms with Crippen LogP contribution in [0.1, 0.15) is 18.9 Å². The molecule has 1 rings (SSSR count). The minimum absolute atomic E-state index is 0.116. The molecule has 0 unspecified atom stereocenters. The number of nitrogens with one attached hydrogen (secondary N) is 1. The number of rotatable bonds is 7. The maximum Gasteiger partial charge on any atom is 0.269 e. The number of nitrogens with two attached hydrogens (primary N) is 1. The van der Waals surface area contributed by atoms with Gasteiger partial charge in [0.2, 0.25) is 11.8 Å². The molecule has 8 heteroatoms. The monoisotopic (exact) mass is 304 g/mol. The third-order valence-electron chi connectivity index (χ3n) is 2.97. The van der Waals surface area contributed by atoms with Crippen LogP contribution < -0.4 is 11.1 Å². The third kappa shape index (κ3) is 5.20. The summed E-state index contributed by atoms with van der Waals surface area (Å²) in [7, 11) is 0. The van der Waals surface area contributed by atoms with E-state index in [0.717, 1.165) is 0 Å². The number of benzene rings is 1.